The van der Waals surface area contributed by atoms with Gasteiger partial charge in [-0.2, -0.15) is 4.98 Å². The maximum Gasteiger partial charge on any atom is 0.225 e. The van der Waals surface area contributed by atoms with Crippen LogP contribution >= 0.6 is 0 Å². The second kappa shape index (κ2) is 5.22. The van der Waals surface area contributed by atoms with Crippen LogP contribution in [0.2, 0.25) is 0 Å². The highest BCUT2D eigenvalue weighted by Crippen LogP contribution is 2.34. The lowest BCUT2D eigenvalue weighted by Crippen LogP contribution is -2.49. The minimum atomic E-state index is 0.0476. The van der Waals surface area contributed by atoms with E-state index in [1.807, 2.05) is 6.92 Å². The average molecular weight is 308 g/mol. The van der Waals surface area contributed by atoms with Crippen LogP contribution in [0.1, 0.15) is 43.5 Å². The topological polar surface area (TPSA) is 41.1 Å². The first-order chi connectivity index (χ1) is 11.0. The van der Waals surface area contributed by atoms with Gasteiger partial charge in [-0.15, -0.1) is 0 Å². The fraction of sp³-hybridized carbons (Fsp3) is 0.474. The van der Waals surface area contributed by atoms with Gasteiger partial charge in [-0.3, -0.25) is 0 Å². The number of anilines is 2. The summed E-state index contributed by atoms with van der Waals surface area (Å²) in [5, 5.41) is 3.43. The Morgan fingerprint density at radius 1 is 1.13 bits per heavy atom. The molecule has 2 aliphatic rings. The number of rotatable bonds is 3. The monoisotopic (exact) mass is 308 g/mol. The van der Waals surface area contributed by atoms with E-state index in [0.717, 1.165) is 30.4 Å². The number of nitrogens with zero attached hydrogens (tertiary/aromatic N) is 3. The van der Waals surface area contributed by atoms with Crippen molar-refractivity contribution in [1.29, 1.82) is 0 Å². The van der Waals surface area contributed by atoms with Crippen LogP contribution in [0.4, 0.5) is 11.8 Å². The van der Waals surface area contributed by atoms with E-state index < -0.39 is 0 Å². The Hall–Kier alpha value is -2.10. The largest absolute Gasteiger partial charge is 0.351 e. The van der Waals surface area contributed by atoms with Crippen molar-refractivity contribution in [2.24, 2.45) is 0 Å². The van der Waals surface area contributed by atoms with Gasteiger partial charge in [-0.05, 0) is 51.2 Å². The van der Waals surface area contributed by atoms with Crippen molar-refractivity contribution in [2.75, 3.05) is 10.2 Å². The fourth-order valence-corrected chi connectivity index (χ4v) is 3.39. The number of aryl methyl sites for hydroxylation is 1. The van der Waals surface area contributed by atoms with Crippen molar-refractivity contribution in [2.45, 2.75) is 58.2 Å². The van der Waals surface area contributed by atoms with E-state index in [1.165, 1.54) is 24.0 Å². The second-order valence-corrected chi connectivity index (χ2v) is 7.45. The summed E-state index contributed by atoms with van der Waals surface area (Å²) < 4.78 is 0. The smallest absolute Gasteiger partial charge is 0.225 e. The molecule has 23 heavy (non-hydrogen) atoms. The lowest BCUT2D eigenvalue weighted by molar-refractivity contribution is 0.427. The molecule has 1 aromatic heterocycles. The average Bonchev–Trinajstić information content (AvgIpc) is 3.29. The quantitative estimate of drug-likeness (QED) is 0.938. The first-order valence-electron chi connectivity index (χ1n) is 8.48. The Bertz CT molecular complexity index is 734. The molecule has 120 valence electrons. The van der Waals surface area contributed by atoms with Crippen molar-refractivity contribution < 1.29 is 0 Å². The summed E-state index contributed by atoms with van der Waals surface area (Å²) in [6, 6.07) is 11.4. The van der Waals surface area contributed by atoms with E-state index in [9.17, 15) is 0 Å². The molecule has 4 heteroatoms. The van der Waals surface area contributed by atoms with E-state index in [2.05, 4.69) is 59.4 Å². The van der Waals surface area contributed by atoms with Gasteiger partial charge in [0.2, 0.25) is 5.95 Å². The van der Waals surface area contributed by atoms with Crippen molar-refractivity contribution in [3.05, 3.63) is 47.2 Å². The molecule has 0 amide bonds. The molecule has 2 aromatic rings. The molecule has 0 radical (unpaired) electrons. The van der Waals surface area contributed by atoms with Gasteiger partial charge >= 0.3 is 0 Å². The summed E-state index contributed by atoms with van der Waals surface area (Å²) in [4.78, 5) is 11.8. The summed E-state index contributed by atoms with van der Waals surface area (Å²) in [5.41, 5.74) is 3.93. The van der Waals surface area contributed by atoms with Crippen molar-refractivity contribution in [1.82, 2.24) is 9.97 Å². The number of benzene rings is 1. The van der Waals surface area contributed by atoms with Crippen LogP contribution in [0.15, 0.2) is 30.3 Å². The molecule has 4 rings (SSSR count). The van der Waals surface area contributed by atoms with Crippen LogP contribution in [0, 0.1) is 6.92 Å². The summed E-state index contributed by atoms with van der Waals surface area (Å²) >= 11 is 0. The molecule has 0 spiro atoms. The molecule has 2 heterocycles. The van der Waals surface area contributed by atoms with Crippen LogP contribution in [0.25, 0.3) is 0 Å². The van der Waals surface area contributed by atoms with Gasteiger partial charge in [-0.25, -0.2) is 4.98 Å². The zero-order chi connectivity index (χ0) is 16.0. The molecule has 0 unspecified atom stereocenters. The Balaban J connectivity index is 1.70. The summed E-state index contributed by atoms with van der Waals surface area (Å²) in [5.74, 6) is 1.80. The lowest BCUT2D eigenvalue weighted by atomic mass is 9.85. The van der Waals surface area contributed by atoms with Crippen molar-refractivity contribution >= 4 is 11.8 Å². The van der Waals surface area contributed by atoms with Gasteiger partial charge in [0.15, 0.2) is 0 Å². The lowest BCUT2D eigenvalue weighted by Gasteiger charge is -2.44. The van der Waals surface area contributed by atoms with Crippen LogP contribution in [-0.2, 0) is 13.0 Å². The van der Waals surface area contributed by atoms with Gasteiger partial charge in [0.1, 0.15) is 5.82 Å². The molecule has 1 N–H and O–H groups in total. The Labute approximate surface area is 138 Å². The number of fused-ring (bicyclic) bond motifs is 1. The molecule has 1 aromatic carbocycles. The van der Waals surface area contributed by atoms with Crippen LogP contribution in [0.3, 0.4) is 0 Å². The maximum absolute atomic E-state index is 4.81. The summed E-state index contributed by atoms with van der Waals surface area (Å²) in [6.07, 6.45) is 3.50. The van der Waals surface area contributed by atoms with Gasteiger partial charge in [0.05, 0.1) is 0 Å². The molecule has 0 atom stereocenters. The maximum atomic E-state index is 4.81. The normalized spacial score (nSPS) is 19.3. The zero-order valence-electron chi connectivity index (χ0n) is 14.1. The minimum absolute atomic E-state index is 0.0476. The molecular weight excluding hydrogens is 284 g/mol. The third-order valence-corrected chi connectivity index (χ3v) is 4.83. The fourth-order valence-electron chi connectivity index (χ4n) is 3.39. The Morgan fingerprint density at radius 2 is 1.87 bits per heavy atom. The van der Waals surface area contributed by atoms with E-state index in [1.54, 1.807) is 0 Å². The van der Waals surface area contributed by atoms with Crippen LogP contribution in [0.5, 0.6) is 0 Å². The van der Waals surface area contributed by atoms with Gasteiger partial charge in [0, 0.05) is 29.9 Å². The highest BCUT2D eigenvalue weighted by Gasteiger charge is 2.34. The zero-order valence-corrected chi connectivity index (χ0v) is 14.1. The predicted octanol–water partition coefficient (Wildman–Crippen LogP) is 3.70. The third kappa shape index (κ3) is 2.90. The number of hydrogen-bond donors (Lipinski definition) is 1. The number of nitrogens with one attached hydrogen (secondary N) is 1. The van der Waals surface area contributed by atoms with Crippen LogP contribution in [-0.4, -0.2) is 21.5 Å². The SMILES string of the molecule is Cc1cc(N2Cc3ccccc3CC2(C)C)nc(NC2CC2)n1. The Morgan fingerprint density at radius 3 is 2.61 bits per heavy atom. The van der Waals surface area contributed by atoms with E-state index in [0.29, 0.717) is 6.04 Å². The van der Waals surface area contributed by atoms with Crippen LogP contribution < -0.4 is 10.2 Å². The molecule has 1 saturated carbocycles. The van der Waals surface area contributed by atoms with E-state index in [4.69, 9.17) is 4.98 Å². The molecule has 1 fully saturated rings. The molecular formula is C19H24N4. The Kier molecular flexibility index (Phi) is 3.29. The first kappa shape index (κ1) is 14.5. The molecule has 1 aliphatic carbocycles. The number of hydrogen-bond acceptors (Lipinski definition) is 4. The van der Waals surface area contributed by atoms with Gasteiger partial charge in [0.25, 0.3) is 0 Å². The molecule has 0 bridgehead atoms. The standard InChI is InChI=1S/C19H24N4/c1-13-10-17(22-18(20-13)21-16-8-9-16)23-12-15-7-5-4-6-14(15)11-19(23,2)3/h4-7,10,16H,8-9,11-12H2,1-3H3,(H,20,21,22). The second-order valence-electron chi connectivity index (χ2n) is 7.45. The minimum Gasteiger partial charge on any atom is -0.351 e. The van der Waals surface area contributed by atoms with Crippen molar-refractivity contribution in [3.8, 4) is 0 Å². The number of aromatic nitrogens is 2. The first-order valence-corrected chi connectivity index (χ1v) is 8.48. The highest BCUT2D eigenvalue weighted by molar-refractivity contribution is 5.51. The van der Waals surface area contributed by atoms with E-state index in [-0.39, 0.29) is 5.54 Å². The molecule has 0 saturated heterocycles. The molecule has 1 aliphatic heterocycles. The van der Waals surface area contributed by atoms with Crippen molar-refractivity contribution in [3.63, 3.8) is 0 Å². The molecule has 4 nitrogen and oxygen atoms in total. The summed E-state index contributed by atoms with van der Waals surface area (Å²) in [6.45, 7) is 7.55. The van der Waals surface area contributed by atoms with Gasteiger partial charge < -0.3 is 10.2 Å². The van der Waals surface area contributed by atoms with E-state index >= 15 is 0 Å². The predicted molar refractivity (Wildman–Crippen MR) is 93.8 cm³/mol. The third-order valence-electron chi connectivity index (χ3n) is 4.83. The highest BCUT2D eigenvalue weighted by atomic mass is 15.3. The summed E-state index contributed by atoms with van der Waals surface area (Å²) in [7, 11) is 0. The van der Waals surface area contributed by atoms with Gasteiger partial charge in [-0.1, -0.05) is 24.3 Å².